The minimum Gasteiger partial charge on any atom is -0.494 e. The van der Waals surface area contributed by atoms with Crippen molar-refractivity contribution in [3.05, 3.63) is 47.4 Å². The predicted molar refractivity (Wildman–Crippen MR) is 81.3 cm³/mol. The maximum Gasteiger partial charge on any atom is 0.147 e. The average Bonchev–Trinajstić information content (AvgIpc) is 2.45. The fraction of sp³-hybridized carbons (Fsp3) is 0.375. The molecule has 0 amide bonds. The third-order valence-electron chi connectivity index (χ3n) is 3.04. The van der Waals surface area contributed by atoms with Gasteiger partial charge in [-0.2, -0.15) is 0 Å². The Morgan fingerprint density at radius 1 is 1.20 bits per heavy atom. The van der Waals surface area contributed by atoms with E-state index in [1.54, 1.807) is 6.20 Å². The van der Waals surface area contributed by atoms with Gasteiger partial charge in [0.25, 0.3) is 0 Å². The molecule has 1 aromatic heterocycles. The number of ether oxygens (including phenoxy) is 1. The van der Waals surface area contributed by atoms with Gasteiger partial charge in [0.1, 0.15) is 11.6 Å². The second-order valence-corrected chi connectivity index (χ2v) is 4.66. The Labute approximate surface area is 120 Å². The Morgan fingerprint density at radius 3 is 2.80 bits per heavy atom. The van der Waals surface area contributed by atoms with Crippen molar-refractivity contribution in [3.63, 3.8) is 0 Å². The fourth-order valence-electron chi connectivity index (χ4n) is 2.03. The van der Waals surface area contributed by atoms with E-state index >= 15 is 0 Å². The molecule has 1 aromatic carbocycles. The van der Waals surface area contributed by atoms with E-state index in [2.05, 4.69) is 21.4 Å². The zero-order chi connectivity index (χ0) is 14.4. The fourth-order valence-corrected chi connectivity index (χ4v) is 2.03. The van der Waals surface area contributed by atoms with Crippen LogP contribution in [0.15, 0.2) is 30.5 Å². The van der Waals surface area contributed by atoms with E-state index in [4.69, 9.17) is 4.74 Å². The number of anilines is 1. The summed E-state index contributed by atoms with van der Waals surface area (Å²) >= 11 is 0. The van der Waals surface area contributed by atoms with Crippen LogP contribution in [-0.4, -0.2) is 23.1 Å². The summed E-state index contributed by atoms with van der Waals surface area (Å²) in [7, 11) is 0. The summed E-state index contributed by atoms with van der Waals surface area (Å²) in [5.74, 6) is 1.82. The molecule has 0 fully saturated rings. The largest absolute Gasteiger partial charge is 0.494 e. The molecule has 2 aromatic rings. The molecule has 20 heavy (non-hydrogen) atoms. The average molecular weight is 271 g/mol. The number of nitrogens with one attached hydrogen (secondary N) is 1. The normalized spacial score (nSPS) is 10.3. The topological polar surface area (TPSA) is 47.0 Å². The molecule has 0 spiro atoms. The van der Waals surface area contributed by atoms with Crippen LogP contribution in [0.5, 0.6) is 5.75 Å². The number of nitrogens with zero attached hydrogens (tertiary/aromatic N) is 2. The summed E-state index contributed by atoms with van der Waals surface area (Å²) in [5, 5.41) is 3.34. The van der Waals surface area contributed by atoms with Crippen molar-refractivity contribution in [2.75, 3.05) is 18.5 Å². The Bertz CT molecular complexity index is 569. The summed E-state index contributed by atoms with van der Waals surface area (Å²) in [6.45, 7) is 7.40. The number of aryl methyl sites for hydroxylation is 2. The lowest BCUT2D eigenvalue weighted by Gasteiger charge is -2.11. The molecule has 0 aliphatic rings. The lowest BCUT2D eigenvalue weighted by Crippen LogP contribution is -2.10. The molecule has 1 N–H and O–H groups in total. The first-order valence-electron chi connectivity index (χ1n) is 6.95. The van der Waals surface area contributed by atoms with Gasteiger partial charge >= 0.3 is 0 Å². The van der Waals surface area contributed by atoms with Gasteiger partial charge in [-0.1, -0.05) is 18.2 Å². The number of hydrogen-bond donors (Lipinski definition) is 1. The quantitative estimate of drug-likeness (QED) is 0.876. The van der Waals surface area contributed by atoms with Crippen molar-refractivity contribution in [1.29, 1.82) is 0 Å². The van der Waals surface area contributed by atoms with Crippen LogP contribution in [0.4, 0.5) is 5.82 Å². The van der Waals surface area contributed by atoms with Crippen LogP contribution >= 0.6 is 0 Å². The van der Waals surface area contributed by atoms with Gasteiger partial charge in [0.2, 0.25) is 0 Å². The molecule has 1 heterocycles. The van der Waals surface area contributed by atoms with Crippen LogP contribution in [0.3, 0.4) is 0 Å². The van der Waals surface area contributed by atoms with Gasteiger partial charge in [-0.3, -0.25) is 4.98 Å². The van der Waals surface area contributed by atoms with E-state index in [-0.39, 0.29) is 0 Å². The van der Waals surface area contributed by atoms with E-state index in [0.29, 0.717) is 6.61 Å². The standard InChI is InChI=1S/C16H21N3O/c1-4-20-15-8-6-5-7-14(15)9-10-17-16-13(3)18-11-12(2)19-16/h5-8,11H,4,9-10H2,1-3H3,(H,17,19). The molecule has 0 unspecified atom stereocenters. The van der Waals surface area contributed by atoms with E-state index < -0.39 is 0 Å². The van der Waals surface area contributed by atoms with Crippen LogP contribution in [0.2, 0.25) is 0 Å². The van der Waals surface area contributed by atoms with Gasteiger partial charge in [-0.05, 0) is 38.8 Å². The van der Waals surface area contributed by atoms with Crippen molar-refractivity contribution in [1.82, 2.24) is 9.97 Å². The minimum atomic E-state index is 0.687. The Morgan fingerprint density at radius 2 is 2.00 bits per heavy atom. The number of hydrogen-bond acceptors (Lipinski definition) is 4. The van der Waals surface area contributed by atoms with Crippen LogP contribution in [0, 0.1) is 13.8 Å². The predicted octanol–water partition coefficient (Wildman–Crippen LogP) is 3.15. The highest BCUT2D eigenvalue weighted by molar-refractivity contribution is 5.40. The summed E-state index contributed by atoms with van der Waals surface area (Å²) in [5.41, 5.74) is 3.06. The first kappa shape index (κ1) is 14.3. The molecular formula is C16H21N3O. The molecule has 4 heteroatoms. The Kier molecular flexibility index (Phi) is 4.93. The van der Waals surface area contributed by atoms with E-state index in [9.17, 15) is 0 Å². The van der Waals surface area contributed by atoms with Crippen LogP contribution < -0.4 is 10.1 Å². The molecule has 0 atom stereocenters. The smallest absolute Gasteiger partial charge is 0.147 e. The molecule has 4 nitrogen and oxygen atoms in total. The lowest BCUT2D eigenvalue weighted by molar-refractivity contribution is 0.336. The van der Waals surface area contributed by atoms with E-state index in [0.717, 1.165) is 35.9 Å². The van der Waals surface area contributed by atoms with Gasteiger partial charge in [0.05, 0.1) is 18.0 Å². The molecule has 106 valence electrons. The molecule has 0 aliphatic carbocycles. The summed E-state index contributed by atoms with van der Waals surface area (Å²) in [4.78, 5) is 8.76. The number of benzene rings is 1. The van der Waals surface area contributed by atoms with Crippen molar-refractivity contribution in [2.24, 2.45) is 0 Å². The Balaban J connectivity index is 1.97. The summed E-state index contributed by atoms with van der Waals surface area (Å²) in [6, 6.07) is 8.14. The molecule has 0 saturated heterocycles. The second-order valence-electron chi connectivity index (χ2n) is 4.66. The molecule has 0 bridgehead atoms. The van der Waals surface area contributed by atoms with Gasteiger partial charge in [0.15, 0.2) is 0 Å². The molecule has 2 rings (SSSR count). The number of rotatable bonds is 6. The summed E-state index contributed by atoms with van der Waals surface area (Å²) < 4.78 is 5.63. The third-order valence-corrected chi connectivity index (χ3v) is 3.04. The maximum atomic E-state index is 5.63. The highest BCUT2D eigenvalue weighted by Crippen LogP contribution is 2.18. The zero-order valence-electron chi connectivity index (χ0n) is 12.3. The van der Waals surface area contributed by atoms with Crippen molar-refractivity contribution in [3.8, 4) is 5.75 Å². The van der Waals surface area contributed by atoms with Crippen molar-refractivity contribution in [2.45, 2.75) is 27.2 Å². The van der Waals surface area contributed by atoms with Gasteiger partial charge in [-0.15, -0.1) is 0 Å². The molecule has 0 radical (unpaired) electrons. The maximum absolute atomic E-state index is 5.63. The number of aromatic nitrogens is 2. The van der Waals surface area contributed by atoms with Crippen molar-refractivity contribution < 1.29 is 4.74 Å². The van der Waals surface area contributed by atoms with Crippen LogP contribution in [0.25, 0.3) is 0 Å². The van der Waals surface area contributed by atoms with Crippen LogP contribution in [-0.2, 0) is 6.42 Å². The lowest BCUT2D eigenvalue weighted by atomic mass is 10.1. The third kappa shape index (κ3) is 3.70. The summed E-state index contributed by atoms with van der Waals surface area (Å²) in [6.07, 6.45) is 2.68. The van der Waals surface area contributed by atoms with Gasteiger partial charge < -0.3 is 10.1 Å². The number of para-hydroxylation sites is 1. The first-order valence-corrected chi connectivity index (χ1v) is 6.95. The van der Waals surface area contributed by atoms with E-state index in [1.807, 2.05) is 39.0 Å². The molecule has 0 aliphatic heterocycles. The van der Waals surface area contributed by atoms with E-state index in [1.165, 1.54) is 5.56 Å². The highest BCUT2D eigenvalue weighted by atomic mass is 16.5. The zero-order valence-corrected chi connectivity index (χ0v) is 12.3. The Hall–Kier alpha value is -2.10. The minimum absolute atomic E-state index is 0.687. The second kappa shape index (κ2) is 6.89. The first-order chi connectivity index (χ1) is 9.70. The SMILES string of the molecule is CCOc1ccccc1CCNc1nc(C)cnc1C. The van der Waals surface area contributed by atoms with Gasteiger partial charge in [0, 0.05) is 12.7 Å². The monoisotopic (exact) mass is 271 g/mol. The van der Waals surface area contributed by atoms with Crippen molar-refractivity contribution >= 4 is 5.82 Å². The highest BCUT2D eigenvalue weighted by Gasteiger charge is 2.04. The van der Waals surface area contributed by atoms with Crippen LogP contribution in [0.1, 0.15) is 23.9 Å². The molecule has 0 saturated carbocycles. The van der Waals surface area contributed by atoms with Gasteiger partial charge in [-0.25, -0.2) is 4.98 Å². The molecular weight excluding hydrogens is 250 g/mol.